The van der Waals surface area contributed by atoms with E-state index >= 15 is 0 Å². The predicted octanol–water partition coefficient (Wildman–Crippen LogP) is 1.49. The summed E-state index contributed by atoms with van der Waals surface area (Å²) in [6.45, 7) is 2.95. The van der Waals surface area contributed by atoms with E-state index in [-0.39, 0.29) is 0 Å². The molecule has 0 aliphatic carbocycles. The smallest absolute Gasteiger partial charge is 0.0958 e. The van der Waals surface area contributed by atoms with E-state index in [1.165, 1.54) is 12.8 Å². The molecule has 0 aromatic carbocycles. The van der Waals surface area contributed by atoms with Crippen LogP contribution in [0.1, 0.15) is 25.7 Å². The van der Waals surface area contributed by atoms with Crippen LogP contribution in [0.5, 0.6) is 0 Å². The monoisotopic (exact) mass is 170 g/mol. The number of methoxy groups -OCH3 is 1. The Hall–Kier alpha value is -0.570. The molecule has 3 heteroatoms. The molecule has 1 heterocycles. The Kier molecular flexibility index (Phi) is 4.08. The van der Waals surface area contributed by atoms with Crippen molar-refractivity contribution in [2.24, 2.45) is 0 Å². The molecular formula is C9H18N2O. The highest BCUT2D eigenvalue weighted by Gasteiger charge is 2.13. The normalized spacial score (nSPS) is 16.9. The predicted molar refractivity (Wildman–Crippen MR) is 49.6 cm³/mol. The van der Waals surface area contributed by atoms with Crippen molar-refractivity contribution in [2.75, 3.05) is 26.8 Å². The Morgan fingerprint density at radius 2 is 2.08 bits per heavy atom. The highest BCUT2D eigenvalue weighted by atomic mass is 16.5. The molecule has 0 aromatic rings. The number of nitrogens with one attached hydrogen (secondary N) is 1. The van der Waals surface area contributed by atoms with Gasteiger partial charge in [0.15, 0.2) is 0 Å². The number of likely N-dealkylation sites (tertiary alicyclic amines) is 1. The average Bonchev–Trinajstić information content (AvgIpc) is 2.56. The maximum atomic E-state index is 7.73. The van der Waals surface area contributed by atoms with Gasteiger partial charge in [0.1, 0.15) is 0 Å². The highest BCUT2D eigenvalue weighted by molar-refractivity contribution is 5.79. The average molecular weight is 170 g/mol. The van der Waals surface area contributed by atoms with Gasteiger partial charge < -0.3 is 9.64 Å². The number of nitrogens with zero attached hydrogens (tertiary/aromatic N) is 1. The summed E-state index contributed by atoms with van der Waals surface area (Å²) in [4.78, 5) is 2.18. The zero-order valence-corrected chi connectivity index (χ0v) is 7.81. The second-order valence-electron chi connectivity index (χ2n) is 3.24. The van der Waals surface area contributed by atoms with Crippen molar-refractivity contribution in [3.8, 4) is 0 Å². The first-order chi connectivity index (χ1) is 5.84. The third-order valence-electron chi connectivity index (χ3n) is 2.25. The molecule has 3 nitrogen and oxygen atoms in total. The van der Waals surface area contributed by atoms with Gasteiger partial charge in [-0.1, -0.05) is 0 Å². The quantitative estimate of drug-likeness (QED) is 0.394. The second-order valence-corrected chi connectivity index (χ2v) is 3.24. The minimum Gasteiger partial charge on any atom is -0.385 e. The first-order valence-electron chi connectivity index (χ1n) is 4.66. The second kappa shape index (κ2) is 5.14. The van der Waals surface area contributed by atoms with E-state index in [1.54, 1.807) is 7.11 Å². The summed E-state index contributed by atoms with van der Waals surface area (Å²) in [6, 6.07) is 0. The Morgan fingerprint density at radius 3 is 2.67 bits per heavy atom. The number of hydrogen-bond donors (Lipinski definition) is 1. The van der Waals surface area contributed by atoms with E-state index in [9.17, 15) is 0 Å². The van der Waals surface area contributed by atoms with Crippen molar-refractivity contribution in [3.05, 3.63) is 0 Å². The van der Waals surface area contributed by atoms with Gasteiger partial charge in [0, 0.05) is 33.2 Å². The third kappa shape index (κ3) is 2.81. The molecule has 0 saturated carbocycles. The summed E-state index contributed by atoms with van der Waals surface area (Å²) in [6.07, 6.45) is 4.36. The molecule has 1 N–H and O–H groups in total. The summed E-state index contributed by atoms with van der Waals surface area (Å²) >= 11 is 0. The summed E-state index contributed by atoms with van der Waals surface area (Å²) in [7, 11) is 1.71. The highest BCUT2D eigenvalue weighted by Crippen LogP contribution is 2.09. The van der Waals surface area contributed by atoms with Gasteiger partial charge in [-0.3, -0.25) is 5.41 Å². The van der Waals surface area contributed by atoms with Crippen molar-refractivity contribution >= 4 is 5.84 Å². The first kappa shape index (κ1) is 9.52. The fourth-order valence-corrected chi connectivity index (χ4v) is 1.53. The molecule has 1 rings (SSSR count). The van der Waals surface area contributed by atoms with Crippen LogP contribution in [0, 0.1) is 5.41 Å². The van der Waals surface area contributed by atoms with Crippen LogP contribution in [0.4, 0.5) is 0 Å². The lowest BCUT2D eigenvalue weighted by Gasteiger charge is -2.17. The van der Waals surface area contributed by atoms with Gasteiger partial charge in [0.25, 0.3) is 0 Å². The van der Waals surface area contributed by atoms with Gasteiger partial charge in [0.05, 0.1) is 5.84 Å². The Balaban J connectivity index is 2.10. The Labute approximate surface area is 74.2 Å². The maximum Gasteiger partial charge on any atom is 0.0958 e. The van der Waals surface area contributed by atoms with Crippen molar-refractivity contribution in [1.82, 2.24) is 4.90 Å². The van der Waals surface area contributed by atoms with Crippen molar-refractivity contribution in [1.29, 1.82) is 5.41 Å². The summed E-state index contributed by atoms with van der Waals surface area (Å²) in [5.41, 5.74) is 0. The van der Waals surface area contributed by atoms with Crippen molar-refractivity contribution in [2.45, 2.75) is 25.7 Å². The molecule has 0 unspecified atom stereocenters. The van der Waals surface area contributed by atoms with E-state index in [2.05, 4.69) is 4.90 Å². The third-order valence-corrected chi connectivity index (χ3v) is 2.25. The van der Waals surface area contributed by atoms with Crippen LogP contribution >= 0.6 is 0 Å². The van der Waals surface area contributed by atoms with Crippen LogP contribution in [-0.4, -0.2) is 37.5 Å². The molecular weight excluding hydrogens is 152 g/mol. The first-order valence-corrected chi connectivity index (χ1v) is 4.66. The van der Waals surface area contributed by atoms with Gasteiger partial charge in [-0.05, 0) is 19.3 Å². The molecule has 0 aromatic heterocycles. The molecule has 0 spiro atoms. The number of ether oxygens (including phenoxy) is 1. The van der Waals surface area contributed by atoms with Crippen molar-refractivity contribution < 1.29 is 4.74 Å². The summed E-state index contributed by atoms with van der Waals surface area (Å²) < 4.78 is 4.94. The minimum atomic E-state index is 0.774. The van der Waals surface area contributed by atoms with E-state index in [1.807, 2.05) is 0 Å². The van der Waals surface area contributed by atoms with Crippen molar-refractivity contribution in [3.63, 3.8) is 0 Å². The van der Waals surface area contributed by atoms with E-state index < -0.39 is 0 Å². The fraction of sp³-hybridized carbons (Fsp3) is 0.889. The summed E-state index contributed by atoms with van der Waals surface area (Å²) in [5, 5.41) is 7.73. The molecule has 0 radical (unpaired) electrons. The van der Waals surface area contributed by atoms with E-state index in [0.717, 1.165) is 38.4 Å². The molecule has 0 atom stereocenters. The van der Waals surface area contributed by atoms with Gasteiger partial charge in [0.2, 0.25) is 0 Å². The van der Waals surface area contributed by atoms with Gasteiger partial charge in [-0.15, -0.1) is 0 Å². The number of rotatable bonds is 4. The van der Waals surface area contributed by atoms with Crippen LogP contribution in [0.25, 0.3) is 0 Å². The van der Waals surface area contributed by atoms with Crippen LogP contribution < -0.4 is 0 Å². The molecule has 12 heavy (non-hydrogen) atoms. The maximum absolute atomic E-state index is 7.73. The Morgan fingerprint density at radius 1 is 1.42 bits per heavy atom. The topological polar surface area (TPSA) is 36.3 Å². The molecule has 1 saturated heterocycles. The van der Waals surface area contributed by atoms with Crippen LogP contribution in [0.2, 0.25) is 0 Å². The fourth-order valence-electron chi connectivity index (χ4n) is 1.53. The van der Waals surface area contributed by atoms with Gasteiger partial charge in [-0.2, -0.15) is 0 Å². The Bertz CT molecular complexity index is 141. The zero-order chi connectivity index (χ0) is 8.81. The van der Waals surface area contributed by atoms with E-state index in [0.29, 0.717) is 0 Å². The molecule has 1 aliphatic heterocycles. The van der Waals surface area contributed by atoms with Crippen LogP contribution in [-0.2, 0) is 4.74 Å². The number of hydrogen-bond acceptors (Lipinski definition) is 2. The number of amidine groups is 1. The zero-order valence-electron chi connectivity index (χ0n) is 7.81. The van der Waals surface area contributed by atoms with Gasteiger partial charge in [-0.25, -0.2) is 0 Å². The summed E-state index contributed by atoms with van der Waals surface area (Å²) in [5.74, 6) is 0.796. The van der Waals surface area contributed by atoms with Crippen LogP contribution in [0.3, 0.4) is 0 Å². The molecule has 70 valence electrons. The van der Waals surface area contributed by atoms with Gasteiger partial charge >= 0.3 is 0 Å². The molecule has 0 bridgehead atoms. The molecule has 0 amide bonds. The molecule has 1 aliphatic rings. The lowest BCUT2D eigenvalue weighted by atomic mass is 10.3. The van der Waals surface area contributed by atoms with Crippen LogP contribution in [0.15, 0.2) is 0 Å². The standard InChI is InChI=1S/C9H18N2O/c1-12-8-4-5-9(10)11-6-2-3-7-11/h10H,2-8H2,1H3. The van der Waals surface area contributed by atoms with E-state index in [4.69, 9.17) is 10.1 Å². The minimum absolute atomic E-state index is 0.774. The molecule has 1 fully saturated rings. The largest absolute Gasteiger partial charge is 0.385 e. The SMILES string of the molecule is COCCCC(=N)N1CCCC1. The lowest BCUT2D eigenvalue weighted by Crippen LogP contribution is -2.26. The lowest BCUT2D eigenvalue weighted by molar-refractivity contribution is 0.196.